The molecule has 2 aliphatic heterocycles. The van der Waals surface area contributed by atoms with Crippen LogP contribution in [0.25, 0.3) is 11.3 Å². The fourth-order valence-corrected chi connectivity index (χ4v) is 7.02. The molecule has 2 saturated heterocycles. The quantitative estimate of drug-likeness (QED) is 0.358. The van der Waals surface area contributed by atoms with Crippen molar-refractivity contribution < 1.29 is 43.9 Å². The maximum atomic E-state index is 13.7. The number of fused-ring (bicyclic) bond motifs is 1. The molecule has 0 spiro atoms. The monoisotopic (exact) mass is 588 g/mol. The van der Waals surface area contributed by atoms with Crippen LogP contribution < -0.4 is 0 Å². The van der Waals surface area contributed by atoms with Gasteiger partial charge in [0.15, 0.2) is 5.78 Å². The fraction of sp³-hybridized carbons (Fsp3) is 0.360. The van der Waals surface area contributed by atoms with Gasteiger partial charge in [-0.3, -0.25) is 9.78 Å². The standard InChI is InChI=1S/C25H19F7N4O3S/c26-16-2-4-18(5-3-16)40(38,39)36-17-7-14(8-17)22(36)21(37)6-1-13-9-20(33-12-19(13)24(27,28)29)15-10-34-23(35-11-15)25(30,31)32/h2-5,9-12,14,17,22H,1,6-8H2. The number of carbonyl (C=O) groups is 1. The van der Waals surface area contributed by atoms with Crippen LogP contribution in [-0.2, 0) is 33.6 Å². The van der Waals surface area contributed by atoms with Gasteiger partial charge in [0, 0.05) is 36.6 Å². The first-order valence-electron chi connectivity index (χ1n) is 11.9. The summed E-state index contributed by atoms with van der Waals surface area (Å²) in [5, 5.41) is 0. The largest absolute Gasteiger partial charge is 0.451 e. The minimum Gasteiger partial charge on any atom is -0.298 e. The summed E-state index contributed by atoms with van der Waals surface area (Å²) >= 11 is 0. The zero-order valence-electron chi connectivity index (χ0n) is 20.2. The summed E-state index contributed by atoms with van der Waals surface area (Å²) in [6, 6.07) is 3.62. The van der Waals surface area contributed by atoms with Crippen molar-refractivity contribution in [1.29, 1.82) is 0 Å². The third kappa shape index (κ3) is 5.19. The Morgan fingerprint density at radius 2 is 1.55 bits per heavy atom. The zero-order chi connectivity index (χ0) is 29.0. The number of hydrogen-bond donors (Lipinski definition) is 0. The van der Waals surface area contributed by atoms with Crippen LogP contribution in [0.5, 0.6) is 0 Å². The number of halogens is 7. The Labute approximate surface area is 223 Å². The number of nitrogens with zero attached hydrogens (tertiary/aromatic N) is 4. The van der Waals surface area contributed by atoms with Crippen LogP contribution in [0.4, 0.5) is 30.7 Å². The van der Waals surface area contributed by atoms with Crippen molar-refractivity contribution >= 4 is 15.8 Å². The SMILES string of the molecule is O=C(CCc1cc(-c2cnc(C(F)(F)F)nc2)ncc1C(F)(F)F)C1C2CC(C2)N1S(=O)(=O)c1ccc(F)cc1. The Morgan fingerprint density at radius 1 is 0.925 bits per heavy atom. The van der Waals surface area contributed by atoms with E-state index in [9.17, 15) is 43.9 Å². The highest BCUT2D eigenvalue weighted by molar-refractivity contribution is 7.89. The molecule has 0 radical (unpaired) electrons. The Kier molecular flexibility index (Phi) is 6.93. The molecule has 0 amide bonds. The lowest BCUT2D eigenvalue weighted by Gasteiger charge is -2.25. The highest BCUT2D eigenvalue weighted by Crippen LogP contribution is 2.49. The van der Waals surface area contributed by atoms with Crippen LogP contribution in [0.3, 0.4) is 0 Å². The highest BCUT2D eigenvalue weighted by Gasteiger charge is 2.58. The summed E-state index contributed by atoms with van der Waals surface area (Å²) < 4.78 is 120. The summed E-state index contributed by atoms with van der Waals surface area (Å²) in [7, 11) is -4.17. The molecule has 2 bridgehead atoms. The van der Waals surface area contributed by atoms with Gasteiger partial charge >= 0.3 is 12.4 Å². The molecule has 2 aromatic heterocycles. The summed E-state index contributed by atoms with van der Waals surface area (Å²) in [6.07, 6.45) is -7.57. The van der Waals surface area contributed by atoms with Gasteiger partial charge in [-0.25, -0.2) is 22.8 Å². The second-order valence-electron chi connectivity index (χ2n) is 9.60. The summed E-state index contributed by atoms with van der Waals surface area (Å²) in [5.74, 6) is -2.92. The van der Waals surface area contributed by atoms with Crippen molar-refractivity contribution in [2.75, 3.05) is 0 Å². The van der Waals surface area contributed by atoms with E-state index < -0.39 is 70.3 Å². The Bertz CT molecular complexity index is 1540. The second-order valence-corrected chi connectivity index (χ2v) is 11.4. The lowest BCUT2D eigenvalue weighted by Crippen LogP contribution is -2.41. The molecule has 3 aliphatic rings. The maximum absolute atomic E-state index is 13.7. The topological polar surface area (TPSA) is 93.1 Å². The molecular weight excluding hydrogens is 569 g/mol. The van der Waals surface area contributed by atoms with Gasteiger partial charge in [-0.05, 0) is 61.1 Å². The number of pyridine rings is 1. The van der Waals surface area contributed by atoms with Crippen molar-refractivity contribution in [3.05, 3.63) is 71.7 Å². The van der Waals surface area contributed by atoms with Crippen LogP contribution in [0.2, 0.25) is 0 Å². The molecule has 1 aromatic carbocycles. The third-order valence-electron chi connectivity index (χ3n) is 7.09. The van der Waals surface area contributed by atoms with Gasteiger partial charge in [0.2, 0.25) is 15.8 Å². The maximum Gasteiger partial charge on any atom is 0.451 e. The minimum atomic E-state index is -4.84. The Balaban J connectivity index is 1.39. The average molecular weight is 589 g/mol. The molecule has 40 heavy (non-hydrogen) atoms. The van der Waals surface area contributed by atoms with Crippen LogP contribution in [0.15, 0.2) is 53.8 Å². The first-order valence-corrected chi connectivity index (χ1v) is 13.4. The van der Waals surface area contributed by atoms with Crippen molar-refractivity contribution in [2.45, 2.75) is 55.0 Å². The van der Waals surface area contributed by atoms with Crippen molar-refractivity contribution in [3.8, 4) is 11.3 Å². The molecule has 1 saturated carbocycles. The molecule has 3 fully saturated rings. The number of alkyl halides is 6. The van der Waals surface area contributed by atoms with E-state index in [0.29, 0.717) is 19.0 Å². The lowest BCUT2D eigenvalue weighted by molar-refractivity contribution is -0.145. The molecule has 1 atom stereocenters. The first-order chi connectivity index (χ1) is 18.7. The van der Waals surface area contributed by atoms with E-state index in [0.717, 1.165) is 47.0 Å². The van der Waals surface area contributed by atoms with Crippen LogP contribution >= 0.6 is 0 Å². The Hall–Kier alpha value is -3.46. The molecule has 1 unspecified atom stereocenters. The van der Waals surface area contributed by atoms with Gasteiger partial charge in [0.1, 0.15) is 5.82 Å². The minimum absolute atomic E-state index is 0.0671. The smallest absolute Gasteiger partial charge is 0.298 e. The van der Waals surface area contributed by atoms with Crippen molar-refractivity contribution in [2.24, 2.45) is 5.92 Å². The summed E-state index contributed by atoms with van der Waals surface area (Å²) in [4.78, 5) is 23.1. The fourth-order valence-electron chi connectivity index (χ4n) is 5.14. The number of sulfonamides is 1. The van der Waals surface area contributed by atoms with Crippen LogP contribution in [0, 0.1) is 11.7 Å². The number of ketones is 1. The normalized spacial score (nSPS) is 21.3. The van der Waals surface area contributed by atoms with E-state index in [1.165, 1.54) is 0 Å². The van der Waals surface area contributed by atoms with Crippen LogP contribution in [-0.4, -0.2) is 45.5 Å². The summed E-state index contributed by atoms with van der Waals surface area (Å²) in [6.45, 7) is 0. The van der Waals surface area contributed by atoms with E-state index in [1.54, 1.807) is 0 Å². The molecule has 6 rings (SSSR count). The molecule has 1 aliphatic carbocycles. The number of rotatable bonds is 7. The van der Waals surface area contributed by atoms with Gasteiger partial charge in [-0.1, -0.05) is 0 Å². The number of benzene rings is 1. The molecule has 7 nitrogen and oxygen atoms in total. The second kappa shape index (κ2) is 9.87. The zero-order valence-corrected chi connectivity index (χ0v) is 21.1. The number of aryl methyl sites for hydroxylation is 1. The van der Waals surface area contributed by atoms with Crippen molar-refractivity contribution in [1.82, 2.24) is 19.3 Å². The average Bonchev–Trinajstić information content (AvgIpc) is 3.44. The van der Waals surface area contributed by atoms with E-state index in [4.69, 9.17) is 0 Å². The van der Waals surface area contributed by atoms with E-state index >= 15 is 0 Å². The molecule has 4 heterocycles. The van der Waals surface area contributed by atoms with Gasteiger partial charge in [0.05, 0.1) is 22.2 Å². The predicted molar refractivity (Wildman–Crippen MR) is 124 cm³/mol. The van der Waals surface area contributed by atoms with Gasteiger partial charge in [0.25, 0.3) is 0 Å². The molecular formula is C25H19F7N4O3S. The highest BCUT2D eigenvalue weighted by atomic mass is 32.2. The molecule has 0 N–H and O–H groups in total. The first kappa shape index (κ1) is 28.1. The molecule has 3 aromatic rings. The van der Waals surface area contributed by atoms with Gasteiger partial charge in [-0.15, -0.1) is 0 Å². The number of Topliss-reactive ketones (excluding diaryl/α,β-unsaturated/α-hetero) is 1. The molecule has 15 heteroatoms. The van der Waals surface area contributed by atoms with E-state index in [2.05, 4.69) is 15.0 Å². The number of carbonyl (C=O) groups excluding carboxylic acids is 1. The van der Waals surface area contributed by atoms with E-state index in [-0.39, 0.29) is 27.6 Å². The molecule has 212 valence electrons. The van der Waals surface area contributed by atoms with Crippen molar-refractivity contribution in [3.63, 3.8) is 0 Å². The van der Waals surface area contributed by atoms with E-state index in [1.807, 2.05) is 0 Å². The third-order valence-corrected chi connectivity index (χ3v) is 9.03. The predicted octanol–water partition coefficient (Wildman–Crippen LogP) is 5.07. The number of hydrogen-bond acceptors (Lipinski definition) is 6. The Morgan fingerprint density at radius 3 is 2.12 bits per heavy atom. The lowest BCUT2D eigenvalue weighted by atomic mass is 9.81. The number of aromatic nitrogens is 3. The summed E-state index contributed by atoms with van der Waals surface area (Å²) in [5.41, 5.74) is -1.68. The van der Waals surface area contributed by atoms with Crippen LogP contribution in [0.1, 0.15) is 36.2 Å². The van der Waals surface area contributed by atoms with Gasteiger partial charge < -0.3 is 0 Å². The van der Waals surface area contributed by atoms with Gasteiger partial charge in [-0.2, -0.15) is 30.6 Å².